The quantitative estimate of drug-likeness (QED) is 0.796. The van der Waals surface area contributed by atoms with Gasteiger partial charge in [0.25, 0.3) is 0 Å². The molecule has 5 rings (SSSR count). The van der Waals surface area contributed by atoms with Gasteiger partial charge in [0.1, 0.15) is 18.0 Å². The molecule has 8 heteroatoms. The summed E-state index contributed by atoms with van der Waals surface area (Å²) in [5, 5.41) is 3.13. The Morgan fingerprint density at radius 3 is 2.69 bits per heavy atom. The van der Waals surface area contributed by atoms with Gasteiger partial charge in [-0.1, -0.05) is 12.1 Å². The fourth-order valence-corrected chi connectivity index (χ4v) is 5.12. The van der Waals surface area contributed by atoms with Gasteiger partial charge in [-0.3, -0.25) is 9.59 Å². The highest BCUT2D eigenvalue weighted by molar-refractivity contribution is 6.00. The van der Waals surface area contributed by atoms with Crippen molar-refractivity contribution in [3.63, 3.8) is 0 Å². The molecule has 1 aliphatic carbocycles. The minimum atomic E-state index is -0.450. The first-order valence-corrected chi connectivity index (χ1v) is 11.5. The number of hydrogen-bond donors (Lipinski definition) is 1. The molecule has 2 amide bonds. The lowest BCUT2D eigenvalue weighted by atomic mass is 9.95. The van der Waals surface area contributed by atoms with E-state index in [9.17, 15) is 14.0 Å². The molecule has 2 aliphatic heterocycles. The van der Waals surface area contributed by atoms with Crippen molar-refractivity contribution in [2.24, 2.45) is 5.92 Å². The van der Waals surface area contributed by atoms with Crippen LogP contribution in [0.3, 0.4) is 0 Å². The molecular weight excluding hydrogens is 409 g/mol. The molecule has 32 heavy (non-hydrogen) atoms. The number of hydrogen-bond acceptors (Lipinski definition) is 5. The first kappa shape index (κ1) is 20.8. The molecule has 0 spiro atoms. The van der Waals surface area contributed by atoms with E-state index in [0.29, 0.717) is 0 Å². The first-order valence-electron chi connectivity index (χ1n) is 11.5. The second-order valence-electron chi connectivity index (χ2n) is 8.96. The summed E-state index contributed by atoms with van der Waals surface area (Å²) in [6.45, 7) is 1.89. The van der Waals surface area contributed by atoms with Crippen LogP contribution in [0.2, 0.25) is 0 Å². The lowest BCUT2D eigenvalue weighted by molar-refractivity contribution is -0.127. The number of rotatable bonds is 4. The van der Waals surface area contributed by atoms with Gasteiger partial charge in [0.2, 0.25) is 11.8 Å². The van der Waals surface area contributed by atoms with Crippen LogP contribution in [-0.4, -0.2) is 47.5 Å². The van der Waals surface area contributed by atoms with E-state index in [1.807, 2.05) is 0 Å². The van der Waals surface area contributed by atoms with Crippen molar-refractivity contribution in [2.75, 3.05) is 29.4 Å². The molecule has 7 nitrogen and oxygen atoms in total. The number of anilines is 2. The Balaban J connectivity index is 1.17. The van der Waals surface area contributed by atoms with E-state index in [0.717, 1.165) is 44.6 Å². The lowest BCUT2D eigenvalue weighted by Crippen LogP contribution is -2.47. The average Bonchev–Trinajstić information content (AvgIpc) is 3.21. The second-order valence-corrected chi connectivity index (χ2v) is 8.96. The van der Waals surface area contributed by atoms with Crippen molar-refractivity contribution in [3.05, 3.63) is 47.7 Å². The number of piperidine rings is 1. The Morgan fingerprint density at radius 2 is 1.88 bits per heavy atom. The van der Waals surface area contributed by atoms with Crippen molar-refractivity contribution in [1.82, 2.24) is 15.3 Å². The van der Waals surface area contributed by atoms with Crippen LogP contribution in [0.15, 0.2) is 30.6 Å². The smallest absolute Gasteiger partial charge is 0.227 e. The molecule has 2 fully saturated rings. The Morgan fingerprint density at radius 1 is 1.09 bits per heavy atom. The van der Waals surface area contributed by atoms with Crippen LogP contribution in [0.1, 0.15) is 43.4 Å². The fraction of sp³-hybridized carbons (Fsp3) is 0.500. The van der Waals surface area contributed by atoms with Gasteiger partial charge in [-0.05, 0) is 50.7 Å². The highest BCUT2D eigenvalue weighted by Crippen LogP contribution is 2.30. The molecule has 2 aromatic rings. The molecule has 2 saturated heterocycles. The number of aromatic nitrogens is 2. The number of fused-ring (bicyclic) bond motifs is 1. The lowest BCUT2D eigenvalue weighted by Gasteiger charge is -2.35. The number of carbonyl (C=O) groups is 2. The Kier molecular flexibility index (Phi) is 5.76. The van der Waals surface area contributed by atoms with E-state index < -0.39 is 11.7 Å². The van der Waals surface area contributed by atoms with Gasteiger partial charge in [0, 0.05) is 43.4 Å². The van der Waals surface area contributed by atoms with Gasteiger partial charge >= 0.3 is 0 Å². The number of carbonyl (C=O) groups excluding carboxylic acids is 2. The summed E-state index contributed by atoms with van der Waals surface area (Å²) in [5.41, 5.74) is 2.72. The molecular formula is C24H28FN5O2. The van der Waals surface area contributed by atoms with E-state index >= 15 is 0 Å². The predicted octanol–water partition coefficient (Wildman–Crippen LogP) is 2.63. The van der Waals surface area contributed by atoms with E-state index in [1.54, 1.807) is 24.5 Å². The summed E-state index contributed by atoms with van der Waals surface area (Å²) >= 11 is 0. The molecule has 0 radical (unpaired) electrons. The first-order chi connectivity index (χ1) is 15.6. The maximum Gasteiger partial charge on any atom is 0.227 e. The second kappa shape index (κ2) is 8.84. The van der Waals surface area contributed by atoms with Crippen LogP contribution in [-0.2, 0) is 22.4 Å². The van der Waals surface area contributed by atoms with E-state index in [2.05, 4.69) is 20.2 Å². The number of amides is 2. The highest BCUT2D eigenvalue weighted by Gasteiger charge is 2.37. The maximum absolute atomic E-state index is 14.1. The fourth-order valence-electron chi connectivity index (χ4n) is 5.12. The zero-order valence-corrected chi connectivity index (χ0v) is 18.1. The van der Waals surface area contributed by atoms with E-state index in [-0.39, 0.29) is 36.5 Å². The van der Waals surface area contributed by atoms with Crippen LogP contribution >= 0.6 is 0 Å². The summed E-state index contributed by atoms with van der Waals surface area (Å²) < 4.78 is 14.1. The highest BCUT2D eigenvalue weighted by atomic mass is 19.1. The topological polar surface area (TPSA) is 78.4 Å². The number of nitrogens with zero attached hydrogens (tertiary/aromatic N) is 4. The summed E-state index contributed by atoms with van der Waals surface area (Å²) in [5.74, 6) is -0.162. The van der Waals surface area contributed by atoms with Crippen molar-refractivity contribution in [2.45, 2.75) is 51.0 Å². The van der Waals surface area contributed by atoms with Gasteiger partial charge in [0.05, 0.1) is 11.6 Å². The van der Waals surface area contributed by atoms with Gasteiger partial charge in [-0.2, -0.15) is 0 Å². The monoisotopic (exact) mass is 437 g/mol. The van der Waals surface area contributed by atoms with E-state index in [4.69, 9.17) is 0 Å². The molecule has 1 atom stereocenters. The molecule has 3 aliphatic rings. The number of benzene rings is 1. The van der Waals surface area contributed by atoms with Crippen LogP contribution in [0.4, 0.5) is 15.9 Å². The van der Waals surface area contributed by atoms with Crippen molar-refractivity contribution in [3.8, 4) is 0 Å². The molecule has 0 saturated carbocycles. The van der Waals surface area contributed by atoms with Crippen molar-refractivity contribution in [1.29, 1.82) is 0 Å². The maximum atomic E-state index is 14.1. The minimum absolute atomic E-state index is 0.0778. The third-order valence-electron chi connectivity index (χ3n) is 6.88. The summed E-state index contributed by atoms with van der Waals surface area (Å²) in [6.07, 6.45) is 7.90. The van der Waals surface area contributed by atoms with Crippen LogP contribution < -0.4 is 15.1 Å². The molecule has 1 aromatic carbocycles. The van der Waals surface area contributed by atoms with Gasteiger partial charge in [0.15, 0.2) is 0 Å². The van der Waals surface area contributed by atoms with Crippen LogP contribution in [0.25, 0.3) is 0 Å². The molecule has 3 heterocycles. The predicted molar refractivity (Wildman–Crippen MR) is 119 cm³/mol. The van der Waals surface area contributed by atoms with Crippen LogP contribution in [0.5, 0.6) is 0 Å². The summed E-state index contributed by atoms with van der Waals surface area (Å²) in [7, 11) is 0. The number of aryl methyl sites for hydroxylation is 1. The minimum Gasteiger partial charge on any atom is -0.356 e. The Bertz CT molecular complexity index is 1020. The largest absolute Gasteiger partial charge is 0.356 e. The third kappa shape index (κ3) is 4.06. The molecule has 1 aromatic heterocycles. The van der Waals surface area contributed by atoms with E-state index in [1.165, 1.54) is 35.1 Å². The molecule has 168 valence electrons. The Labute approximate surface area is 187 Å². The summed E-state index contributed by atoms with van der Waals surface area (Å²) in [6, 6.07) is 6.27. The van der Waals surface area contributed by atoms with Gasteiger partial charge < -0.3 is 15.1 Å². The standard InChI is InChI=1S/C24H28FN5O2/c25-19-6-2-4-8-21(19)30-14-16(13-22(30)31)24(32)28-17-9-11-29(12-10-17)23-18-5-1-3-7-20(18)26-15-27-23/h2,4,6,8,15-17H,1,3,5,7,9-14H2,(H,28,32). The van der Waals surface area contributed by atoms with Gasteiger partial charge in [-0.25, -0.2) is 14.4 Å². The zero-order chi connectivity index (χ0) is 22.1. The third-order valence-corrected chi connectivity index (χ3v) is 6.88. The molecule has 0 bridgehead atoms. The SMILES string of the molecule is O=C(NC1CCN(c2ncnc3c2CCCC3)CC1)C1CC(=O)N(c2ccccc2F)C1. The number of para-hydroxylation sites is 1. The van der Waals surface area contributed by atoms with Gasteiger partial charge in [-0.15, -0.1) is 0 Å². The van der Waals surface area contributed by atoms with Crippen molar-refractivity contribution >= 4 is 23.3 Å². The average molecular weight is 438 g/mol. The molecule has 1 N–H and O–H groups in total. The number of nitrogens with one attached hydrogen (secondary N) is 1. The van der Waals surface area contributed by atoms with Crippen molar-refractivity contribution < 1.29 is 14.0 Å². The molecule has 1 unspecified atom stereocenters. The van der Waals surface area contributed by atoms with Crippen LogP contribution in [0, 0.1) is 11.7 Å². The summed E-state index contributed by atoms with van der Waals surface area (Å²) in [4.78, 5) is 38.0. The number of halogens is 1. The Hall–Kier alpha value is -3.03. The zero-order valence-electron chi connectivity index (χ0n) is 18.1. The normalized spacial score (nSPS) is 21.5.